The fourth-order valence-corrected chi connectivity index (χ4v) is 5.10. The fourth-order valence-electron chi connectivity index (χ4n) is 4.04. The largest absolute Gasteiger partial charge is 0.454 e. The molecule has 192 valence electrons. The summed E-state index contributed by atoms with van der Waals surface area (Å²) < 4.78 is 99.5. The molecule has 1 aliphatic rings. The number of alkyl halides is 3. The molecule has 3 N–H and O–H groups in total. The number of nitrogens with zero attached hydrogens (tertiary/aromatic N) is 1. The van der Waals surface area contributed by atoms with Gasteiger partial charge >= 0.3 is 6.18 Å². The molecule has 0 unspecified atom stereocenters. The summed E-state index contributed by atoms with van der Waals surface area (Å²) in [6, 6.07) is 5.87. The molecule has 6 nitrogen and oxygen atoms in total. The molecule has 1 saturated heterocycles. The van der Waals surface area contributed by atoms with Gasteiger partial charge in [0.05, 0.1) is 22.5 Å². The van der Waals surface area contributed by atoms with Crippen molar-refractivity contribution in [3.05, 3.63) is 70.4 Å². The van der Waals surface area contributed by atoms with Crippen molar-refractivity contribution in [2.75, 3.05) is 13.1 Å². The maximum absolute atomic E-state index is 15.5. The quantitative estimate of drug-likeness (QED) is 0.405. The fraction of sp³-hybridized carbons (Fsp3) is 0.261. The number of benzene rings is 2. The Morgan fingerprint density at radius 3 is 2.36 bits per heavy atom. The second-order valence-corrected chi connectivity index (χ2v) is 10.1. The van der Waals surface area contributed by atoms with E-state index in [1.54, 1.807) is 0 Å². The Balaban J connectivity index is 1.87. The normalized spacial score (nSPS) is 15.2. The lowest BCUT2D eigenvalue weighted by Gasteiger charge is -2.26. The number of primary sulfonamides is 1. The highest BCUT2D eigenvalue weighted by Crippen LogP contribution is 2.45. The first kappa shape index (κ1) is 26.3. The van der Waals surface area contributed by atoms with E-state index >= 15 is 4.39 Å². The SMILES string of the molecule is NS(=O)(=O)c1c(F)c(-c2ccc(F)cn2)cc(Cl)c1Oc1ccc(C(F)(F)F)cc1C1CCNCC1. The van der Waals surface area contributed by atoms with E-state index in [1.165, 1.54) is 0 Å². The molecule has 1 fully saturated rings. The molecule has 0 amide bonds. The molecule has 0 atom stereocenters. The molecule has 1 aromatic heterocycles. The third-order valence-electron chi connectivity index (χ3n) is 5.75. The van der Waals surface area contributed by atoms with Crippen molar-refractivity contribution < 1.29 is 35.1 Å². The summed E-state index contributed by atoms with van der Waals surface area (Å²) in [5, 5.41) is 7.99. The third kappa shape index (κ3) is 5.46. The van der Waals surface area contributed by atoms with Gasteiger partial charge in [-0.3, -0.25) is 4.98 Å². The van der Waals surface area contributed by atoms with Crippen LogP contribution >= 0.6 is 11.6 Å². The van der Waals surface area contributed by atoms with E-state index in [1.807, 2.05) is 0 Å². The van der Waals surface area contributed by atoms with Crippen LogP contribution in [0.5, 0.6) is 11.5 Å². The number of aromatic nitrogens is 1. The second kappa shape index (κ2) is 9.92. The number of nitrogens with one attached hydrogen (secondary N) is 1. The van der Waals surface area contributed by atoms with Crippen LogP contribution in [0.2, 0.25) is 5.02 Å². The van der Waals surface area contributed by atoms with Crippen molar-refractivity contribution in [1.29, 1.82) is 0 Å². The average Bonchev–Trinajstić information content (AvgIpc) is 2.81. The summed E-state index contributed by atoms with van der Waals surface area (Å²) in [7, 11) is -4.79. The number of piperidine rings is 1. The number of ether oxygens (including phenoxy) is 1. The molecule has 0 radical (unpaired) electrons. The smallest absolute Gasteiger partial charge is 0.416 e. The van der Waals surface area contributed by atoms with E-state index in [4.69, 9.17) is 21.5 Å². The zero-order chi connectivity index (χ0) is 26.3. The van der Waals surface area contributed by atoms with Gasteiger partial charge in [0, 0.05) is 5.56 Å². The number of halogens is 6. The maximum atomic E-state index is 15.5. The molecule has 1 aliphatic heterocycles. The number of hydrogen-bond donors (Lipinski definition) is 2. The molecule has 2 aromatic carbocycles. The summed E-state index contributed by atoms with van der Waals surface area (Å²) >= 11 is 6.28. The van der Waals surface area contributed by atoms with E-state index in [2.05, 4.69) is 10.3 Å². The molecular formula is C23H19ClF5N3O3S. The molecule has 4 rings (SSSR count). The summed E-state index contributed by atoms with van der Waals surface area (Å²) in [6.07, 6.45) is -2.83. The summed E-state index contributed by atoms with van der Waals surface area (Å²) in [6.45, 7) is 1.11. The van der Waals surface area contributed by atoms with Crippen molar-refractivity contribution in [2.24, 2.45) is 5.14 Å². The number of hydrogen-bond acceptors (Lipinski definition) is 5. The molecule has 2 heterocycles. The van der Waals surface area contributed by atoms with E-state index in [0.717, 1.165) is 42.6 Å². The van der Waals surface area contributed by atoms with Crippen LogP contribution in [0.25, 0.3) is 11.3 Å². The molecule has 0 spiro atoms. The van der Waals surface area contributed by atoms with Crippen LogP contribution < -0.4 is 15.2 Å². The Hall–Kier alpha value is -2.80. The van der Waals surface area contributed by atoms with Gasteiger partial charge in [-0.1, -0.05) is 11.6 Å². The second-order valence-electron chi connectivity index (χ2n) is 8.16. The molecular weight excluding hydrogens is 529 g/mol. The van der Waals surface area contributed by atoms with Gasteiger partial charge < -0.3 is 10.1 Å². The summed E-state index contributed by atoms with van der Waals surface area (Å²) in [4.78, 5) is 2.63. The predicted molar refractivity (Wildman–Crippen MR) is 122 cm³/mol. The van der Waals surface area contributed by atoms with Crippen molar-refractivity contribution >= 4 is 21.6 Å². The highest BCUT2D eigenvalue weighted by molar-refractivity contribution is 7.89. The van der Waals surface area contributed by atoms with E-state index in [0.29, 0.717) is 25.9 Å². The van der Waals surface area contributed by atoms with E-state index in [-0.39, 0.29) is 28.5 Å². The van der Waals surface area contributed by atoms with Crippen LogP contribution in [0.1, 0.15) is 29.9 Å². The molecule has 36 heavy (non-hydrogen) atoms. The Labute approximate surface area is 208 Å². The number of rotatable bonds is 5. The van der Waals surface area contributed by atoms with Crippen LogP contribution in [0.15, 0.2) is 47.5 Å². The molecule has 0 saturated carbocycles. The maximum Gasteiger partial charge on any atom is 0.416 e. The topological polar surface area (TPSA) is 94.3 Å². The van der Waals surface area contributed by atoms with Gasteiger partial charge in [0.2, 0.25) is 10.0 Å². The van der Waals surface area contributed by atoms with Crippen LogP contribution in [-0.4, -0.2) is 26.5 Å². The molecule has 3 aromatic rings. The Morgan fingerprint density at radius 1 is 1.08 bits per heavy atom. The zero-order valence-electron chi connectivity index (χ0n) is 18.4. The Morgan fingerprint density at radius 2 is 1.78 bits per heavy atom. The van der Waals surface area contributed by atoms with E-state index < -0.39 is 49.1 Å². The standard InChI is InChI=1S/C23H19ClF5N3O3S/c24-17-10-16(18-3-2-14(25)11-32-18)20(26)22(36(30,33)34)21(17)35-19-4-1-13(23(27,28)29)9-15(19)12-5-7-31-8-6-12/h1-4,9-12,31H,5-8H2,(H2,30,33,34). The first-order chi connectivity index (χ1) is 16.9. The van der Waals surface area contributed by atoms with Gasteiger partial charge in [-0.25, -0.2) is 22.3 Å². The predicted octanol–water partition coefficient (Wildman–Crippen LogP) is 5.61. The van der Waals surface area contributed by atoms with Crippen LogP contribution in [0, 0.1) is 11.6 Å². The van der Waals surface area contributed by atoms with Crippen LogP contribution in [0.4, 0.5) is 22.0 Å². The Kier molecular flexibility index (Phi) is 7.24. The van der Waals surface area contributed by atoms with Crippen molar-refractivity contribution in [3.63, 3.8) is 0 Å². The number of sulfonamides is 1. The minimum absolute atomic E-state index is 0.117. The van der Waals surface area contributed by atoms with Crippen LogP contribution in [-0.2, 0) is 16.2 Å². The van der Waals surface area contributed by atoms with Crippen molar-refractivity contribution in [3.8, 4) is 22.8 Å². The first-order valence-electron chi connectivity index (χ1n) is 10.6. The summed E-state index contributed by atoms with van der Waals surface area (Å²) in [5.41, 5.74) is -1.25. The lowest BCUT2D eigenvalue weighted by molar-refractivity contribution is -0.137. The van der Waals surface area contributed by atoms with Crippen LogP contribution in [0.3, 0.4) is 0 Å². The summed E-state index contributed by atoms with van der Waals surface area (Å²) in [5.74, 6) is -3.20. The molecule has 13 heteroatoms. The van der Waals surface area contributed by atoms with Crippen molar-refractivity contribution in [2.45, 2.75) is 29.8 Å². The first-order valence-corrected chi connectivity index (χ1v) is 12.5. The van der Waals surface area contributed by atoms with Gasteiger partial charge in [-0.2, -0.15) is 13.2 Å². The third-order valence-corrected chi connectivity index (χ3v) is 6.96. The highest BCUT2D eigenvalue weighted by atomic mass is 35.5. The molecule has 0 aliphatic carbocycles. The van der Waals surface area contributed by atoms with Gasteiger partial charge in [-0.15, -0.1) is 0 Å². The van der Waals surface area contributed by atoms with Crippen molar-refractivity contribution in [1.82, 2.24) is 10.3 Å². The zero-order valence-corrected chi connectivity index (χ0v) is 19.9. The Bertz CT molecular complexity index is 1390. The molecule has 0 bridgehead atoms. The number of pyridine rings is 1. The minimum atomic E-state index is -4.79. The lowest BCUT2D eigenvalue weighted by Crippen LogP contribution is -2.27. The van der Waals surface area contributed by atoms with Gasteiger partial charge in [0.25, 0.3) is 0 Å². The monoisotopic (exact) mass is 547 g/mol. The van der Waals surface area contributed by atoms with Gasteiger partial charge in [0.15, 0.2) is 16.5 Å². The average molecular weight is 548 g/mol. The minimum Gasteiger partial charge on any atom is -0.454 e. The lowest BCUT2D eigenvalue weighted by atomic mass is 9.88. The highest BCUT2D eigenvalue weighted by Gasteiger charge is 2.34. The van der Waals surface area contributed by atoms with E-state index in [9.17, 15) is 26.0 Å². The van der Waals surface area contributed by atoms with Gasteiger partial charge in [-0.05, 0) is 73.8 Å². The van der Waals surface area contributed by atoms with Gasteiger partial charge in [0.1, 0.15) is 11.6 Å². The number of nitrogens with two attached hydrogens (primary N) is 1.